The molecule has 0 saturated heterocycles. The average molecular weight is 337 g/mol. The van der Waals surface area contributed by atoms with Crippen LogP contribution in [0.25, 0.3) is 11.1 Å². The van der Waals surface area contributed by atoms with Gasteiger partial charge < -0.3 is 10.4 Å². The van der Waals surface area contributed by atoms with Crippen LogP contribution in [0.5, 0.6) is 0 Å². The maximum absolute atomic E-state index is 12.0. The Morgan fingerprint density at radius 1 is 1.12 bits per heavy atom. The molecule has 0 fully saturated rings. The lowest BCUT2D eigenvalue weighted by Gasteiger charge is -2.13. The fourth-order valence-corrected chi connectivity index (χ4v) is 3.60. The van der Waals surface area contributed by atoms with E-state index in [0.717, 1.165) is 32.1 Å². The highest BCUT2D eigenvalue weighted by atomic mass is 16.3. The molecule has 0 aromatic heterocycles. The minimum Gasteiger partial charge on any atom is -0.396 e. The molecule has 1 atom stereocenters. The van der Waals surface area contributed by atoms with Crippen LogP contribution in [0, 0.1) is 0 Å². The molecule has 0 bridgehead atoms. The molecule has 1 aliphatic carbocycles. The van der Waals surface area contributed by atoms with Crippen LogP contribution in [0.4, 0.5) is 0 Å². The Balaban J connectivity index is 1.51. The molecule has 1 aliphatic rings. The van der Waals surface area contributed by atoms with Gasteiger partial charge in [0, 0.05) is 19.1 Å². The van der Waals surface area contributed by atoms with Crippen LogP contribution in [-0.2, 0) is 17.6 Å². The molecular weight excluding hydrogens is 310 g/mol. The molecule has 3 heteroatoms. The fourth-order valence-electron chi connectivity index (χ4n) is 3.60. The second kappa shape index (κ2) is 8.30. The van der Waals surface area contributed by atoms with Crippen molar-refractivity contribution < 1.29 is 9.90 Å². The number of hydrogen-bond acceptors (Lipinski definition) is 2. The second-order valence-corrected chi connectivity index (χ2v) is 7.01. The standard InChI is InChI=1S/C22H27NO2/c1-16(6-5-13-24)23-22(25)10-4-7-17-11-12-19-15-18-8-2-3-9-20(18)21(19)14-17/h2-3,8-9,11-12,14,16,24H,4-7,10,13,15H2,1H3,(H,23,25). The van der Waals surface area contributed by atoms with Crippen molar-refractivity contribution in [1.82, 2.24) is 5.32 Å². The molecule has 0 spiro atoms. The lowest BCUT2D eigenvalue weighted by atomic mass is 10.00. The first kappa shape index (κ1) is 17.7. The van der Waals surface area contributed by atoms with E-state index in [1.54, 1.807) is 0 Å². The summed E-state index contributed by atoms with van der Waals surface area (Å²) in [7, 11) is 0. The maximum atomic E-state index is 12.0. The molecule has 0 heterocycles. The lowest BCUT2D eigenvalue weighted by Crippen LogP contribution is -2.32. The van der Waals surface area contributed by atoms with Crippen LogP contribution in [0.3, 0.4) is 0 Å². The van der Waals surface area contributed by atoms with E-state index >= 15 is 0 Å². The molecule has 25 heavy (non-hydrogen) atoms. The van der Waals surface area contributed by atoms with Crippen molar-refractivity contribution in [2.45, 2.75) is 51.5 Å². The van der Waals surface area contributed by atoms with Gasteiger partial charge in [0.25, 0.3) is 0 Å². The summed E-state index contributed by atoms with van der Waals surface area (Å²) in [5, 5.41) is 11.8. The molecule has 0 aliphatic heterocycles. The highest BCUT2D eigenvalue weighted by Gasteiger charge is 2.17. The molecule has 3 nitrogen and oxygen atoms in total. The van der Waals surface area contributed by atoms with Crippen molar-refractivity contribution in [1.29, 1.82) is 0 Å². The van der Waals surface area contributed by atoms with Crippen LogP contribution in [-0.4, -0.2) is 23.7 Å². The number of hydrogen-bond donors (Lipinski definition) is 2. The van der Waals surface area contributed by atoms with Gasteiger partial charge in [-0.2, -0.15) is 0 Å². The quantitative estimate of drug-likeness (QED) is 0.656. The number of fused-ring (bicyclic) bond motifs is 3. The zero-order valence-electron chi connectivity index (χ0n) is 14.9. The zero-order chi connectivity index (χ0) is 17.6. The third-order valence-electron chi connectivity index (χ3n) is 4.93. The summed E-state index contributed by atoms with van der Waals surface area (Å²) in [4.78, 5) is 12.0. The van der Waals surface area contributed by atoms with Crippen LogP contribution in [0.15, 0.2) is 42.5 Å². The third-order valence-corrected chi connectivity index (χ3v) is 4.93. The number of aliphatic hydroxyl groups is 1. The van der Waals surface area contributed by atoms with E-state index in [2.05, 4.69) is 47.8 Å². The Morgan fingerprint density at radius 2 is 1.92 bits per heavy atom. The molecule has 3 rings (SSSR count). The first-order chi connectivity index (χ1) is 12.2. The molecule has 132 valence electrons. The predicted molar refractivity (Wildman–Crippen MR) is 102 cm³/mol. The van der Waals surface area contributed by atoms with Gasteiger partial charge in [0.1, 0.15) is 0 Å². The Hall–Kier alpha value is -2.13. The van der Waals surface area contributed by atoms with Crippen molar-refractivity contribution in [2.24, 2.45) is 0 Å². The summed E-state index contributed by atoms with van der Waals surface area (Å²) in [5.74, 6) is 0.108. The van der Waals surface area contributed by atoms with Gasteiger partial charge in [-0.05, 0) is 66.8 Å². The molecule has 1 unspecified atom stereocenters. The van der Waals surface area contributed by atoms with E-state index in [4.69, 9.17) is 5.11 Å². The Morgan fingerprint density at radius 3 is 2.76 bits per heavy atom. The SMILES string of the molecule is CC(CCCO)NC(=O)CCCc1ccc2c(c1)-c1ccccc1C2. The van der Waals surface area contributed by atoms with Gasteiger partial charge in [-0.3, -0.25) is 4.79 Å². The monoisotopic (exact) mass is 337 g/mol. The first-order valence-corrected chi connectivity index (χ1v) is 9.27. The van der Waals surface area contributed by atoms with Gasteiger partial charge in [0.05, 0.1) is 0 Å². The minimum absolute atomic E-state index is 0.108. The van der Waals surface area contributed by atoms with Crippen molar-refractivity contribution in [3.05, 3.63) is 59.2 Å². The second-order valence-electron chi connectivity index (χ2n) is 7.01. The van der Waals surface area contributed by atoms with Crippen molar-refractivity contribution in [2.75, 3.05) is 6.61 Å². The van der Waals surface area contributed by atoms with Crippen LogP contribution < -0.4 is 5.32 Å². The Bertz CT molecular complexity index is 739. The van der Waals surface area contributed by atoms with E-state index in [-0.39, 0.29) is 18.6 Å². The van der Waals surface area contributed by atoms with Gasteiger partial charge in [0.2, 0.25) is 5.91 Å². The van der Waals surface area contributed by atoms with E-state index < -0.39 is 0 Å². The summed E-state index contributed by atoms with van der Waals surface area (Å²) < 4.78 is 0. The normalized spacial score (nSPS) is 13.2. The number of amides is 1. The summed E-state index contributed by atoms with van der Waals surface area (Å²) in [6.07, 6.45) is 4.93. The van der Waals surface area contributed by atoms with Crippen molar-refractivity contribution in [3.63, 3.8) is 0 Å². The molecular formula is C22H27NO2. The van der Waals surface area contributed by atoms with Crippen molar-refractivity contribution >= 4 is 5.91 Å². The summed E-state index contributed by atoms with van der Waals surface area (Å²) in [6.45, 7) is 2.17. The number of benzene rings is 2. The maximum Gasteiger partial charge on any atom is 0.220 e. The molecule has 0 radical (unpaired) electrons. The predicted octanol–water partition coefficient (Wildman–Crippen LogP) is 3.86. The van der Waals surface area contributed by atoms with Crippen LogP contribution in [0.1, 0.15) is 49.3 Å². The number of rotatable bonds is 8. The van der Waals surface area contributed by atoms with Gasteiger partial charge in [-0.15, -0.1) is 0 Å². The molecule has 2 aromatic carbocycles. The van der Waals surface area contributed by atoms with E-state index in [1.807, 2.05) is 6.92 Å². The highest BCUT2D eigenvalue weighted by molar-refractivity contribution is 5.77. The number of carbonyl (C=O) groups is 1. The minimum atomic E-state index is 0.108. The molecule has 0 saturated carbocycles. The van der Waals surface area contributed by atoms with Gasteiger partial charge >= 0.3 is 0 Å². The van der Waals surface area contributed by atoms with E-state index in [1.165, 1.54) is 27.8 Å². The number of aryl methyl sites for hydroxylation is 1. The van der Waals surface area contributed by atoms with E-state index in [9.17, 15) is 4.79 Å². The number of carbonyl (C=O) groups excluding carboxylic acids is 1. The molecule has 1 amide bonds. The number of nitrogens with one attached hydrogen (secondary N) is 1. The van der Waals surface area contributed by atoms with E-state index in [0.29, 0.717) is 6.42 Å². The number of aliphatic hydroxyl groups excluding tert-OH is 1. The molecule has 2 N–H and O–H groups in total. The Kier molecular flexibility index (Phi) is 5.87. The van der Waals surface area contributed by atoms with Crippen molar-refractivity contribution in [3.8, 4) is 11.1 Å². The fraction of sp³-hybridized carbons (Fsp3) is 0.409. The molecule has 2 aromatic rings. The average Bonchev–Trinajstić information content (AvgIpc) is 2.98. The van der Waals surface area contributed by atoms with Crippen LogP contribution >= 0.6 is 0 Å². The van der Waals surface area contributed by atoms with Gasteiger partial charge in [-0.25, -0.2) is 0 Å². The highest BCUT2D eigenvalue weighted by Crippen LogP contribution is 2.36. The topological polar surface area (TPSA) is 49.3 Å². The van der Waals surface area contributed by atoms with Gasteiger partial charge in [-0.1, -0.05) is 42.5 Å². The summed E-state index contributed by atoms with van der Waals surface area (Å²) >= 11 is 0. The largest absolute Gasteiger partial charge is 0.396 e. The smallest absolute Gasteiger partial charge is 0.220 e. The summed E-state index contributed by atoms with van der Waals surface area (Å²) in [6, 6.07) is 15.5. The van der Waals surface area contributed by atoms with Gasteiger partial charge in [0.15, 0.2) is 0 Å². The summed E-state index contributed by atoms with van der Waals surface area (Å²) in [5.41, 5.74) is 6.83. The Labute approximate surface area is 150 Å². The lowest BCUT2D eigenvalue weighted by molar-refractivity contribution is -0.121. The first-order valence-electron chi connectivity index (χ1n) is 9.27. The zero-order valence-corrected chi connectivity index (χ0v) is 14.9. The third kappa shape index (κ3) is 4.49. The van der Waals surface area contributed by atoms with Crippen LogP contribution in [0.2, 0.25) is 0 Å².